The summed E-state index contributed by atoms with van der Waals surface area (Å²) in [4.78, 5) is 0. The fraction of sp³-hybridized carbons (Fsp3) is 0.250. The second kappa shape index (κ2) is 6.50. The average Bonchev–Trinajstić information content (AvgIpc) is 2.45. The van der Waals surface area contributed by atoms with Gasteiger partial charge in [0.05, 0.1) is 5.56 Å². The predicted molar refractivity (Wildman–Crippen MR) is 78.2 cm³/mol. The molecule has 0 spiro atoms. The Kier molecular flexibility index (Phi) is 4.91. The van der Waals surface area contributed by atoms with E-state index < -0.39 is 11.7 Å². The Bertz CT molecular complexity index is 576. The Morgan fingerprint density at radius 2 is 1.57 bits per heavy atom. The smallest absolute Gasteiger partial charge is 0.306 e. The molecule has 1 nitrogen and oxygen atoms in total. The SMILES string of the molecule is CC(NCc1ccc(Cl)cc1)c1ccc(C(F)(F)F)cc1. The summed E-state index contributed by atoms with van der Waals surface area (Å²) in [5.74, 6) is 0. The highest BCUT2D eigenvalue weighted by Crippen LogP contribution is 2.29. The molecule has 0 bridgehead atoms. The monoisotopic (exact) mass is 313 g/mol. The van der Waals surface area contributed by atoms with Crippen molar-refractivity contribution in [2.24, 2.45) is 0 Å². The van der Waals surface area contributed by atoms with Gasteiger partial charge in [-0.3, -0.25) is 0 Å². The van der Waals surface area contributed by atoms with E-state index in [0.29, 0.717) is 11.6 Å². The lowest BCUT2D eigenvalue weighted by molar-refractivity contribution is -0.137. The molecule has 21 heavy (non-hydrogen) atoms. The first-order valence-corrected chi connectivity index (χ1v) is 6.89. The molecule has 112 valence electrons. The standard InChI is InChI=1S/C16H15ClF3N/c1-11(21-10-12-2-8-15(17)9-3-12)13-4-6-14(7-5-13)16(18,19)20/h2-9,11,21H,10H2,1H3. The van der Waals surface area contributed by atoms with E-state index in [9.17, 15) is 13.2 Å². The van der Waals surface area contributed by atoms with Crippen molar-refractivity contribution in [3.05, 3.63) is 70.2 Å². The summed E-state index contributed by atoms with van der Waals surface area (Å²) < 4.78 is 37.5. The average molecular weight is 314 g/mol. The van der Waals surface area contributed by atoms with Gasteiger partial charge in [-0.05, 0) is 42.3 Å². The molecule has 0 aliphatic carbocycles. The lowest BCUT2D eigenvalue weighted by Crippen LogP contribution is -2.18. The summed E-state index contributed by atoms with van der Waals surface area (Å²) in [6.45, 7) is 2.54. The fourth-order valence-electron chi connectivity index (χ4n) is 1.95. The molecule has 1 atom stereocenters. The molecule has 0 heterocycles. The fourth-order valence-corrected chi connectivity index (χ4v) is 2.08. The van der Waals surface area contributed by atoms with Crippen molar-refractivity contribution in [1.29, 1.82) is 0 Å². The van der Waals surface area contributed by atoms with Crippen LogP contribution in [0.2, 0.25) is 5.02 Å². The van der Waals surface area contributed by atoms with Gasteiger partial charge in [0.2, 0.25) is 0 Å². The number of hydrogen-bond acceptors (Lipinski definition) is 1. The second-order valence-electron chi connectivity index (χ2n) is 4.85. The zero-order chi connectivity index (χ0) is 15.5. The summed E-state index contributed by atoms with van der Waals surface area (Å²) in [7, 11) is 0. The maximum Gasteiger partial charge on any atom is 0.416 e. The molecular formula is C16H15ClF3N. The summed E-state index contributed by atoms with van der Waals surface area (Å²) in [6.07, 6.45) is -4.29. The number of nitrogens with one attached hydrogen (secondary N) is 1. The lowest BCUT2D eigenvalue weighted by Gasteiger charge is -2.15. The van der Waals surface area contributed by atoms with Gasteiger partial charge in [0.15, 0.2) is 0 Å². The van der Waals surface area contributed by atoms with Crippen molar-refractivity contribution >= 4 is 11.6 Å². The number of halogens is 4. The van der Waals surface area contributed by atoms with E-state index >= 15 is 0 Å². The molecular weight excluding hydrogens is 299 g/mol. The first-order valence-electron chi connectivity index (χ1n) is 6.51. The Hall–Kier alpha value is -1.52. The van der Waals surface area contributed by atoms with Crippen LogP contribution in [0.15, 0.2) is 48.5 Å². The summed E-state index contributed by atoms with van der Waals surface area (Å²) in [6, 6.07) is 12.6. The molecule has 2 aromatic carbocycles. The second-order valence-corrected chi connectivity index (χ2v) is 5.29. The van der Waals surface area contributed by atoms with Crippen molar-refractivity contribution < 1.29 is 13.2 Å². The highest BCUT2D eigenvalue weighted by atomic mass is 35.5. The van der Waals surface area contributed by atoms with Crippen molar-refractivity contribution in [3.63, 3.8) is 0 Å². The molecule has 0 aromatic heterocycles. The van der Waals surface area contributed by atoms with Crippen LogP contribution in [0, 0.1) is 0 Å². The van der Waals surface area contributed by atoms with Gasteiger partial charge in [-0.1, -0.05) is 35.9 Å². The molecule has 0 saturated carbocycles. The highest BCUT2D eigenvalue weighted by Gasteiger charge is 2.30. The van der Waals surface area contributed by atoms with Crippen LogP contribution < -0.4 is 5.32 Å². The molecule has 0 amide bonds. The molecule has 0 aliphatic heterocycles. The lowest BCUT2D eigenvalue weighted by atomic mass is 10.1. The third-order valence-corrected chi connectivity index (χ3v) is 3.52. The van der Waals surface area contributed by atoms with Crippen LogP contribution in [0.3, 0.4) is 0 Å². The minimum Gasteiger partial charge on any atom is -0.306 e. The van der Waals surface area contributed by atoms with E-state index in [0.717, 1.165) is 23.3 Å². The number of benzene rings is 2. The van der Waals surface area contributed by atoms with E-state index in [1.54, 1.807) is 12.1 Å². The Balaban J connectivity index is 1.97. The topological polar surface area (TPSA) is 12.0 Å². The number of hydrogen-bond donors (Lipinski definition) is 1. The maximum absolute atomic E-state index is 12.5. The van der Waals surface area contributed by atoms with Crippen LogP contribution in [0.1, 0.15) is 29.7 Å². The quantitative estimate of drug-likeness (QED) is 0.817. The van der Waals surface area contributed by atoms with Crippen LogP contribution in [0.5, 0.6) is 0 Å². The zero-order valence-corrected chi connectivity index (χ0v) is 12.2. The molecule has 0 saturated heterocycles. The van der Waals surface area contributed by atoms with Gasteiger partial charge in [0.25, 0.3) is 0 Å². The molecule has 1 N–H and O–H groups in total. The van der Waals surface area contributed by atoms with Gasteiger partial charge in [0, 0.05) is 17.6 Å². The minimum absolute atomic E-state index is 0.0389. The third-order valence-electron chi connectivity index (χ3n) is 3.26. The number of rotatable bonds is 4. The summed E-state index contributed by atoms with van der Waals surface area (Å²) >= 11 is 5.81. The summed E-state index contributed by atoms with van der Waals surface area (Å²) in [5, 5.41) is 3.94. The van der Waals surface area contributed by atoms with Crippen LogP contribution >= 0.6 is 11.6 Å². The molecule has 0 radical (unpaired) electrons. The van der Waals surface area contributed by atoms with Gasteiger partial charge in [-0.15, -0.1) is 0 Å². The predicted octanol–water partition coefficient (Wildman–Crippen LogP) is 5.21. The molecule has 5 heteroatoms. The van der Waals surface area contributed by atoms with E-state index in [1.807, 2.05) is 19.1 Å². The van der Waals surface area contributed by atoms with E-state index in [2.05, 4.69) is 5.32 Å². The first kappa shape index (κ1) is 15.9. The highest BCUT2D eigenvalue weighted by molar-refractivity contribution is 6.30. The van der Waals surface area contributed by atoms with Crippen LogP contribution in [-0.2, 0) is 12.7 Å². The van der Waals surface area contributed by atoms with E-state index in [4.69, 9.17) is 11.6 Å². The largest absolute Gasteiger partial charge is 0.416 e. The van der Waals surface area contributed by atoms with Gasteiger partial charge in [0.1, 0.15) is 0 Å². The Labute approximate surface area is 126 Å². The van der Waals surface area contributed by atoms with Crippen LogP contribution in [-0.4, -0.2) is 0 Å². The Morgan fingerprint density at radius 3 is 2.10 bits per heavy atom. The zero-order valence-electron chi connectivity index (χ0n) is 11.4. The van der Waals surface area contributed by atoms with Gasteiger partial charge in [-0.25, -0.2) is 0 Å². The van der Waals surface area contributed by atoms with Crippen LogP contribution in [0.4, 0.5) is 13.2 Å². The Morgan fingerprint density at radius 1 is 1.00 bits per heavy atom. The number of alkyl halides is 3. The third kappa shape index (κ3) is 4.48. The van der Waals surface area contributed by atoms with Crippen LogP contribution in [0.25, 0.3) is 0 Å². The van der Waals surface area contributed by atoms with Gasteiger partial charge in [-0.2, -0.15) is 13.2 Å². The van der Waals surface area contributed by atoms with Crippen molar-refractivity contribution in [2.75, 3.05) is 0 Å². The summed E-state index contributed by atoms with van der Waals surface area (Å²) in [5.41, 5.74) is 1.26. The maximum atomic E-state index is 12.5. The first-order chi connectivity index (χ1) is 9.86. The van der Waals surface area contributed by atoms with Gasteiger partial charge < -0.3 is 5.32 Å². The normalized spacial score (nSPS) is 13.2. The van der Waals surface area contributed by atoms with E-state index in [-0.39, 0.29) is 6.04 Å². The minimum atomic E-state index is -4.29. The van der Waals surface area contributed by atoms with Crippen molar-refractivity contribution in [2.45, 2.75) is 25.7 Å². The molecule has 0 fully saturated rings. The van der Waals surface area contributed by atoms with Crippen molar-refractivity contribution in [1.82, 2.24) is 5.32 Å². The molecule has 0 aliphatic rings. The van der Waals surface area contributed by atoms with Crippen molar-refractivity contribution in [3.8, 4) is 0 Å². The molecule has 1 unspecified atom stereocenters. The van der Waals surface area contributed by atoms with Gasteiger partial charge >= 0.3 is 6.18 Å². The molecule has 2 aromatic rings. The molecule has 2 rings (SSSR count). The van der Waals surface area contributed by atoms with E-state index in [1.165, 1.54) is 12.1 Å².